The highest BCUT2D eigenvalue weighted by Gasteiger charge is 2.38. The van der Waals surface area contributed by atoms with Crippen molar-refractivity contribution < 1.29 is 32.0 Å². The van der Waals surface area contributed by atoms with Gasteiger partial charge in [-0.15, -0.1) is 0 Å². The van der Waals surface area contributed by atoms with Gasteiger partial charge >= 0.3 is 6.18 Å². The first-order valence-corrected chi connectivity index (χ1v) is 9.29. The minimum atomic E-state index is -4.48. The third kappa shape index (κ3) is 4.48. The highest BCUT2D eigenvalue weighted by atomic mass is 19.4. The number of carbonyl (C=O) groups is 2. The Bertz CT molecular complexity index is 922. The second kappa shape index (κ2) is 8.10. The molecule has 1 atom stereocenters. The van der Waals surface area contributed by atoms with Crippen LogP contribution in [0.3, 0.4) is 0 Å². The predicted molar refractivity (Wildman–Crippen MR) is 102 cm³/mol. The highest BCUT2D eigenvalue weighted by Crippen LogP contribution is 2.33. The van der Waals surface area contributed by atoms with Crippen molar-refractivity contribution in [3.63, 3.8) is 0 Å². The number of nitrogens with one attached hydrogen (secondary N) is 1. The number of carbonyl (C=O) groups excluding carboxylic acids is 2. The number of ether oxygens (including phenoxy) is 1. The lowest BCUT2D eigenvalue weighted by atomic mass is 9.90. The van der Waals surface area contributed by atoms with E-state index in [9.17, 15) is 22.8 Å². The number of hydrogen-bond acceptors (Lipinski definition) is 5. The number of anilines is 2. The van der Waals surface area contributed by atoms with Crippen LogP contribution in [0.2, 0.25) is 0 Å². The molecule has 10 heteroatoms. The van der Waals surface area contributed by atoms with Gasteiger partial charge in [-0.1, -0.05) is 19.0 Å². The molecule has 7 nitrogen and oxygen atoms in total. The third-order valence-corrected chi connectivity index (χ3v) is 4.94. The van der Waals surface area contributed by atoms with Gasteiger partial charge in [0.15, 0.2) is 0 Å². The number of aromatic nitrogens is 1. The lowest BCUT2D eigenvalue weighted by Gasteiger charge is -2.24. The van der Waals surface area contributed by atoms with Gasteiger partial charge in [0, 0.05) is 30.7 Å². The van der Waals surface area contributed by atoms with Crippen LogP contribution in [-0.2, 0) is 25.9 Å². The number of nitrogens with zero attached hydrogens (tertiary/aromatic N) is 2. The standard InChI is InChI=1S/C20H22F3N3O4/c1-19(2,11-29-3)15-10-16(30-25-15)24-18(28)14-8-9-17(27)26(14)13-6-4-12(5-7-13)20(21,22)23/h4-7,10,14H,8-9,11H2,1-3H3,(H,24,28). The Hall–Kier alpha value is -2.88. The maximum atomic E-state index is 12.8. The van der Waals surface area contributed by atoms with E-state index in [0.29, 0.717) is 12.3 Å². The van der Waals surface area contributed by atoms with E-state index in [-0.39, 0.29) is 30.3 Å². The van der Waals surface area contributed by atoms with Crippen molar-refractivity contribution in [1.82, 2.24) is 5.16 Å². The normalized spacial score (nSPS) is 17.5. The fourth-order valence-corrected chi connectivity index (χ4v) is 3.36. The van der Waals surface area contributed by atoms with Crippen molar-refractivity contribution in [2.24, 2.45) is 0 Å². The van der Waals surface area contributed by atoms with Gasteiger partial charge in [-0.2, -0.15) is 13.2 Å². The lowest BCUT2D eigenvalue weighted by molar-refractivity contribution is -0.137. The van der Waals surface area contributed by atoms with Crippen LogP contribution in [0.1, 0.15) is 37.9 Å². The molecule has 30 heavy (non-hydrogen) atoms. The molecule has 2 aromatic rings. The summed E-state index contributed by atoms with van der Waals surface area (Å²) in [6.45, 7) is 4.20. The summed E-state index contributed by atoms with van der Waals surface area (Å²) >= 11 is 0. The van der Waals surface area contributed by atoms with E-state index in [0.717, 1.165) is 12.1 Å². The molecule has 1 aliphatic heterocycles. The number of amides is 2. The van der Waals surface area contributed by atoms with Crippen molar-refractivity contribution in [2.75, 3.05) is 23.9 Å². The summed E-state index contributed by atoms with van der Waals surface area (Å²) in [5.74, 6) is -0.728. The molecule has 1 aromatic carbocycles. The number of benzene rings is 1. The molecule has 2 heterocycles. The minimum Gasteiger partial charge on any atom is -0.384 e. The SMILES string of the molecule is COCC(C)(C)c1cc(NC(=O)C2CCC(=O)N2c2ccc(C(F)(F)F)cc2)on1. The zero-order chi connectivity index (χ0) is 22.1. The lowest BCUT2D eigenvalue weighted by Crippen LogP contribution is -2.41. The first-order valence-electron chi connectivity index (χ1n) is 9.29. The Labute approximate surface area is 171 Å². The maximum Gasteiger partial charge on any atom is 0.416 e. The van der Waals surface area contributed by atoms with Crippen LogP contribution in [0.15, 0.2) is 34.9 Å². The second-order valence-electron chi connectivity index (χ2n) is 7.75. The molecule has 0 saturated carbocycles. The number of rotatable bonds is 6. The second-order valence-corrected chi connectivity index (χ2v) is 7.75. The smallest absolute Gasteiger partial charge is 0.384 e. The molecule has 1 unspecified atom stereocenters. The Balaban J connectivity index is 1.75. The fraction of sp³-hybridized carbons (Fsp3) is 0.450. The van der Waals surface area contributed by atoms with Crippen LogP contribution in [0.25, 0.3) is 0 Å². The molecule has 0 spiro atoms. The number of methoxy groups -OCH3 is 1. The van der Waals surface area contributed by atoms with Crippen LogP contribution < -0.4 is 10.2 Å². The highest BCUT2D eigenvalue weighted by molar-refractivity contribution is 6.07. The molecule has 1 aliphatic rings. The number of alkyl halides is 3. The van der Waals surface area contributed by atoms with Crippen molar-refractivity contribution in [1.29, 1.82) is 0 Å². The summed E-state index contributed by atoms with van der Waals surface area (Å²) in [6, 6.07) is 4.86. The van der Waals surface area contributed by atoms with E-state index < -0.39 is 29.1 Å². The Morgan fingerprint density at radius 2 is 1.97 bits per heavy atom. The molecule has 1 N–H and O–H groups in total. The first-order chi connectivity index (χ1) is 14.0. The third-order valence-electron chi connectivity index (χ3n) is 4.94. The van der Waals surface area contributed by atoms with E-state index >= 15 is 0 Å². The molecule has 0 radical (unpaired) electrons. The van der Waals surface area contributed by atoms with Gasteiger partial charge in [0.25, 0.3) is 0 Å². The zero-order valence-electron chi connectivity index (χ0n) is 16.7. The Kier molecular flexibility index (Phi) is 5.89. The molecular weight excluding hydrogens is 403 g/mol. The van der Waals surface area contributed by atoms with Gasteiger partial charge in [-0.05, 0) is 30.7 Å². The van der Waals surface area contributed by atoms with E-state index in [2.05, 4.69) is 10.5 Å². The number of hydrogen-bond donors (Lipinski definition) is 1. The van der Waals surface area contributed by atoms with Crippen molar-refractivity contribution in [2.45, 2.75) is 44.3 Å². The summed E-state index contributed by atoms with van der Waals surface area (Å²) in [5, 5.41) is 6.55. The number of halogens is 3. The van der Waals surface area contributed by atoms with Crippen LogP contribution >= 0.6 is 0 Å². The topological polar surface area (TPSA) is 84.7 Å². The van der Waals surface area contributed by atoms with E-state index in [1.54, 1.807) is 13.2 Å². The quantitative estimate of drug-likeness (QED) is 0.762. The van der Waals surface area contributed by atoms with Crippen LogP contribution in [0.4, 0.5) is 24.7 Å². The van der Waals surface area contributed by atoms with E-state index in [1.807, 2.05) is 13.8 Å². The average Bonchev–Trinajstić information content (AvgIpc) is 3.28. The predicted octanol–water partition coefficient (Wildman–Crippen LogP) is 3.75. The Morgan fingerprint density at radius 1 is 1.30 bits per heavy atom. The molecule has 1 saturated heterocycles. The van der Waals surface area contributed by atoms with Crippen LogP contribution in [0.5, 0.6) is 0 Å². The minimum absolute atomic E-state index is 0.113. The van der Waals surface area contributed by atoms with Crippen molar-refractivity contribution in [3.05, 3.63) is 41.6 Å². The summed E-state index contributed by atoms with van der Waals surface area (Å²) in [5.41, 5.74) is -0.449. The molecule has 1 fully saturated rings. The summed E-state index contributed by atoms with van der Waals surface area (Å²) < 4.78 is 48.7. The molecule has 0 bridgehead atoms. The van der Waals surface area contributed by atoms with Gasteiger partial charge in [0.05, 0.1) is 17.9 Å². The van der Waals surface area contributed by atoms with Crippen LogP contribution in [-0.4, -0.2) is 36.7 Å². The molecule has 3 rings (SSSR count). The zero-order valence-corrected chi connectivity index (χ0v) is 16.7. The molecular formula is C20H22F3N3O4. The largest absolute Gasteiger partial charge is 0.416 e. The van der Waals surface area contributed by atoms with Gasteiger partial charge in [0.2, 0.25) is 17.7 Å². The van der Waals surface area contributed by atoms with Gasteiger partial charge in [0.1, 0.15) is 6.04 Å². The average molecular weight is 425 g/mol. The van der Waals surface area contributed by atoms with Crippen LogP contribution in [0, 0.1) is 0 Å². The van der Waals surface area contributed by atoms with E-state index in [4.69, 9.17) is 9.26 Å². The van der Waals surface area contributed by atoms with Crippen molar-refractivity contribution >= 4 is 23.4 Å². The molecule has 2 amide bonds. The monoisotopic (exact) mass is 425 g/mol. The maximum absolute atomic E-state index is 12.8. The summed E-state index contributed by atoms with van der Waals surface area (Å²) in [7, 11) is 1.57. The summed E-state index contributed by atoms with van der Waals surface area (Å²) in [4.78, 5) is 26.3. The molecule has 162 valence electrons. The van der Waals surface area contributed by atoms with E-state index in [1.165, 1.54) is 17.0 Å². The Morgan fingerprint density at radius 3 is 2.57 bits per heavy atom. The molecule has 0 aliphatic carbocycles. The van der Waals surface area contributed by atoms with Crippen molar-refractivity contribution in [3.8, 4) is 0 Å². The molecule has 1 aromatic heterocycles. The summed E-state index contributed by atoms with van der Waals surface area (Å²) in [6.07, 6.45) is -4.13. The van der Waals surface area contributed by atoms with Gasteiger partial charge in [-0.3, -0.25) is 19.8 Å². The van der Waals surface area contributed by atoms with Gasteiger partial charge < -0.3 is 9.26 Å². The van der Waals surface area contributed by atoms with Gasteiger partial charge in [-0.25, -0.2) is 0 Å². The first kappa shape index (κ1) is 21.8. The fourth-order valence-electron chi connectivity index (χ4n) is 3.36.